The number of hydrogen-bond acceptors (Lipinski definition) is 2. The van der Waals surface area contributed by atoms with Crippen molar-refractivity contribution in [1.29, 1.82) is 0 Å². The Hall–Kier alpha value is -1.67. The van der Waals surface area contributed by atoms with Gasteiger partial charge in [-0.25, -0.2) is 0 Å². The fraction of sp³-hybridized carbons (Fsp3) is 0.267. The summed E-state index contributed by atoms with van der Waals surface area (Å²) in [6, 6.07) is 14.8. The molecule has 2 nitrogen and oxygen atoms in total. The van der Waals surface area contributed by atoms with E-state index in [1.165, 1.54) is 11.1 Å². The van der Waals surface area contributed by atoms with Crippen molar-refractivity contribution in [2.45, 2.75) is 26.4 Å². The van der Waals surface area contributed by atoms with E-state index in [9.17, 15) is 0 Å². The second-order valence-corrected chi connectivity index (χ2v) is 4.35. The third-order valence-electron chi connectivity index (χ3n) is 2.83. The molecule has 1 N–H and O–H groups in total. The van der Waals surface area contributed by atoms with Gasteiger partial charge in [0.1, 0.15) is 0 Å². The first-order valence-corrected chi connectivity index (χ1v) is 5.95. The van der Waals surface area contributed by atoms with Crippen LogP contribution in [0.2, 0.25) is 0 Å². The van der Waals surface area contributed by atoms with Crippen molar-refractivity contribution in [3.05, 3.63) is 65.5 Å². The number of nitrogens with one attached hydrogen (secondary N) is 1. The molecule has 0 aliphatic heterocycles. The van der Waals surface area contributed by atoms with Crippen molar-refractivity contribution in [2.75, 3.05) is 0 Å². The Kier molecular flexibility index (Phi) is 3.89. The fourth-order valence-corrected chi connectivity index (χ4v) is 1.83. The van der Waals surface area contributed by atoms with Crippen LogP contribution in [-0.2, 0) is 6.54 Å². The third kappa shape index (κ3) is 3.40. The van der Waals surface area contributed by atoms with Crippen LogP contribution in [0.1, 0.15) is 29.8 Å². The van der Waals surface area contributed by atoms with Gasteiger partial charge in [0, 0.05) is 18.8 Å². The number of aromatic nitrogens is 1. The van der Waals surface area contributed by atoms with Gasteiger partial charge in [0.25, 0.3) is 0 Å². The van der Waals surface area contributed by atoms with Crippen LogP contribution in [0.25, 0.3) is 0 Å². The van der Waals surface area contributed by atoms with Crippen LogP contribution in [0, 0.1) is 6.92 Å². The molecule has 1 atom stereocenters. The summed E-state index contributed by atoms with van der Waals surface area (Å²) < 4.78 is 0. The topological polar surface area (TPSA) is 24.9 Å². The van der Waals surface area contributed by atoms with Gasteiger partial charge in [-0.3, -0.25) is 4.98 Å². The number of hydrogen-bond donors (Lipinski definition) is 1. The highest BCUT2D eigenvalue weighted by molar-refractivity contribution is 5.22. The first kappa shape index (κ1) is 11.8. The number of rotatable bonds is 4. The summed E-state index contributed by atoms with van der Waals surface area (Å²) in [4.78, 5) is 4.35. The number of aryl methyl sites for hydroxylation is 1. The molecular weight excluding hydrogens is 208 g/mol. The molecule has 0 saturated carbocycles. The molecule has 0 radical (unpaired) electrons. The van der Waals surface area contributed by atoms with E-state index in [2.05, 4.69) is 48.4 Å². The summed E-state index contributed by atoms with van der Waals surface area (Å²) in [6.45, 7) is 5.13. The maximum Gasteiger partial charge on any atom is 0.0570 e. The van der Waals surface area contributed by atoms with Crippen LogP contribution in [0.3, 0.4) is 0 Å². The molecule has 1 aromatic carbocycles. The zero-order chi connectivity index (χ0) is 12.1. The SMILES string of the molecule is Cc1cccc(CN[C@@H](C)c2ccccn2)c1. The Bertz CT molecular complexity index is 465. The zero-order valence-corrected chi connectivity index (χ0v) is 10.4. The molecule has 0 spiro atoms. The minimum absolute atomic E-state index is 0.275. The van der Waals surface area contributed by atoms with Crippen LogP contribution in [0.4, 0.5) is 0 Å². The maximum atomic E-state index is 4.35. The number of benzene rings is 1. The van der Waals surface area contributed by atoms with E-state index in [1.807, 2.05) is 24.4 Å². The van der Waals surface area contributed by atoms with Crippen LogP contribution in [-0.4, -0.2) is 4.98 Å². The number of pyridine rings is 1. The van der Waals surface area contributed by atoms with E-state index in [1.54, 1.807) is 0 Å². The summed E-state index contributed by atoms with van der Waals surface area (Å²) in [5, 5.41) is 3.48. The van der Waals surface area contributed by atoms with Gasteiger partial charge in [0.2, 0.25) is 0 Å². The minimum atomic E-state index is 0.275. The highest BCUT2D eigenvalue weighted by Crippen LogP contribution is 2.10. The molecule has 0 aliphatic carbocycles. The molecule has 0 amide bonds. The summed E-state index contributed by atoms with van der Waals surface area (Å²) in [5.41, 5.74) is 3.70. The lowest BCUT2D eigenvalue weighted by atomic mass is 10.1. The van der Waals surface area contributed by atoms with Gasteiger partial charge < -0.3 is 5.32 Å². The van der Waals surface area contributed by atoms with Crippen molar-refractivity contribution in [3.63, 3.8) is 0 Å². The predicted octanol–water partition coefficient (Wildman–Crippen LogP) is 3.24. The Morgan fingerprint density at radius 3 is 2.76 bits per heavy atom. The molecule has 0 fully saturated rings. The zero-order valence-electron chi connectivity index (χ0n) is 10.4. The molecule has 88 valence electrons. The summed E-state index contributed by atoms with van der Waals surface area (Å²) in [7, 11) is 0. The Morgan fingerprint density at radius 2 is 2.06 bits per heavy atom. The van der Waals surface area contributed by atoms with Gasteiger partial charge in [-0.2, -0.15) is 0 Å². The van der Waals surface area contributed by atoms with E-state index in [4.69, 9.17) is 0 Å². The molecular formula is C15H18N2. The van der Waals surface area contributed by atoms with Crippen molar-refractivity contribution < 1.29 is 0 Å². The second-order valence-electron chi connectivity index (χ2n) is 4.35. The molecule has 0 unspecified atom stereocenters. The molecule has 0 saturated heterocycles. The number of nitrogens with zero attached hydrogens (tertiary/aromatic N) is 1. The van der Waals surface area contributed by atoms with E-state index < -0.39 is 0 Å². The highest BCUT2D eigenvalue weighted by atomic mass is 14.9. The van der Waals surface area contributed by atoms with Crippen molar-refractivity contribution in [3.8, 4) is 0 Å². The van der Waals surface area contributed by atoms with E-state index in [0.717, 1.165) is 12.2 Å². The summed E-state index contributed by atoms with van der Waals surface area (Å²) >= 11 is 0. The largest absolute Gasteiger partial charge is 0.305 e. The van der Waals surface area contributed by atoms with Crippen molar-refractivity contribution >= 4 is 0 Å². The van der Waals surface area contributed by atoms with Crippen molar-refractivity contribution in [2.24, 2.45) is 0 Å². The molecule has 17 heavy (non-hydrogen) atoms. The Morgan fingerprint density at radius 1 is 1.18 bits per heavy atom. The normalized spacial score (nSPS) is 12.4. The molecule has 0 aliphatic rings. The van der Waals surface area contributed by atoms with Crippen molar-refractivity contribution in [1.82, 2.24) is 10.3 Å². The van der Waals surface area contributed by atoms with Gasteiger partial charge in [-0.1, -0.05) is 35.9 Å². The first-order valence-electron chi connectivity index (χ1n) is 5.95. The highest BCUT2D eigenvalue weighted by Gasteiger charge is 2.04. The molecule has 2 rings (SSSR count). The third-order valence-corrected chi connectivity index (χ3v) is 2.83. The maximum absolute atomic E-state index is 4.35. The molecule has 1 aromatic heterocycles. The van der Waals surface area contributed by atoms with E-state index >= 15 is 0 Å². The predicted molar refractivity (Wildman–Crippen MR) is 70.7 cm³/mol. The average molecular weight is 226 g/mol. The minimum Gasteiger partial charge on any atom is -0.305 e. The van der Waals surface area contributed by atoms with Crippen LogP contribution in [0.5, 0.6) is 0 Å². The van der Waals surface area contributed by atoms with E-state index in [-0.39, 0.29) is 6.04 Å². The van der Waals surface area contributed by atoms with Gasteiger partial charge >= 0.3 is 0 Å². The summed E-state index contributed by atoms with van der Waals surface area (Å²) in [6.07, 6.45) is 1.83. The van der Waals surface area contributed by atoms with Crippen LogP contribution < -0.4 is 5.32 Å². The first-order chi connectivity index (χ1) is 8.25. The lowest BCUT2D eigenvalue weighted by molar-refractivity contribution is 0.561. The lowest BCUT2D eigenvalue weighted by Gasteiger charge is -2.13. The smallest absolute Gasteiger partial charge is 0.0570 e. The monoisotopic (exact) mass is 226 g/mol. The summed E-state index contributed by atoms with van der Waals surface area (Å²) in [5.74, 6) is 0. The van der Waals surface area contributed by atoms with Gasteiger partial charge in [0.15, 0.2) is 0 Å². The second kappa shape index (κ2) is 5.60. The van der Waals surface area contributed by atoms with Gasteiger partial charge in [0.05, 0.1) is 5.69 Å². The molecule has 2 heteroatoms. The van der Waals surface area contributed by atoms with Gasteiger partial charge in [-0.15, -0.1) is 0 Å². The standard InChI is InChI=1S/C15H18N2/c1-12-6-5-7-14(10-12)11-17-13(2)15-8-3-4-9-16-15/h3-10,13,17H,11H2,1-2H3/t13-/m0/s1. The fourth-order valence-electron chi connectivity index (χ4n) is 1.83. The van der Waals surface area contributed by atoms with Gasteiger partial charge in [-0.05, 0) is 31.5 Å². The molecule has 1 heterocycles. The Labute approximate surface area is 103 Å². The average Bonchev–Trinajstić information content (AvgIpc) is 2.37. The van der Waals surface area contributed by atoms with Crippen LogP contribution in [0.15, 0.2) is 48.7 Å². The lowest BCUT2D eigenvalue weighted by Crippen LogP contribution is -2.18. The quantitative estimate of drug-likeness (QED) is 0.865. The van der Waals surface area contributed by atoms with Crippen LogP contribution >= 0.6 is 0 Å². The van der Waals surface area contributed by atoms with E-state index in [0.29, 0.717) is 0 Å². The molecule has 2 aromatic rings. The molecule has 0 bridgehead atoms. The Balaban J connectivity index is 1.95.